The van der Waals surface area contributed by atoms with Crippen molar-refractivity contribution in [3.8, 4) is 0 Å². The first kappa shape index (κ1) is 20.1. The standard InChI is InChI=1S/C24H25N5OS/c1-18-16-22(30)29-24(25-18)31-21(26-29)17-27-12-14-28(15-13-27)23(19-8-4-2-5-9-19)20-10-6-3-7-11-20/h2-11,16,23H,12-15,17H2,1H3. The smallest absolute Gasteiger partial charge is 0.275 e. The summed E-state index contributed by atoms with van der Waals surface area (Å²) in [4.78, 5) is 22.2. The first-order valence-corrected chi connectivity index (χ1v) is 11.4. The van der Waals surface area contributed by atoms with Crippen LogP contribution < -0.4 is 5.56 Å². The van der Waals surface area contributed by atoms with Crippen LogP contribution in [0.5, 0.6) is 0 Å². The van der Waals surface area contributed by atoms with E-state index in [9.17, 15) is 4.79 Å². The van der Waals surface area contributed by atoms with Crippen LogP contribution in [0.2, 0.25) is 0 Å². The van der Waals surface area contributed by atoms with Crippen molar-refractivity contribution in [2.24, 2.45) is 0 Å². The summed E-state index contributed by atoms with van der Waals surface area (Å²) in [7, 11) is 0. The Labute approximate surface area is 185 Å². The average molecular weight is 432 g/mol. The molecule has 5 rings (SSSR count). The summed E-state index contributed by atoms with van der Waals surface area (Å²) in [6.07, 6.45) is 0. The van der Waals surface area contributed by atoms with Gasteiger partial charge in [-0.2, -0.15) is 9.61 Å². The minimum atomic E-state index is -0.108. The van der Waals surface area contributed by atoms with Crippen molar-refractivity contribution in [1.82, 2.24) is 24.4 Å². The molecule has 2 aromatic heterocycles. The third-order valence-electron chi connectivity index (χ3n) is 5.78. The molecule has 1 aliphatic rings. The predicted molar refractivity (Wildman–Crippen MR) is 123 cm³/mol. The largest absolute Gasteiger partial charge is 0.294 e. The molecular weight excluding hydrogens is 406 g/mol. The van der Waals surface area contributed by atoms with E-state index in [1.165, 1.54) is 33.0 Å². The molecule has 0 spiro atoms. The van der Waals surface area contributed by atoms with Gasteiger partial charge in [0.25, 0.3) is 5.56 Å². The lowest BCUT2D eigenvalue weighted by Gasteiger charge is -2.39. The Morgan fingerprint density at radius 2 is 1.55 bits per heavy atom. The average Bonchev–Trinajstić information content (AvgIpc) is 3.19. The van der Waals surface area contributed by atoms with E-state index in [1.807, 2.05) is 6.92 Å². The van der Waals surface area contributed by atoms with Gasteiger partial charge in [-0.3, -0.25) is 14.6 Å². The number of benzene rings is 2. The van der Waals surface area contributed by atoms with Gasteiger partial charge in [-0.1, -0.05) is 72.0 Å². The second kappa shape index (κ2) is 8.70. The molecule has 0 atom stereocenters. The summed E-state index contributed by atoms with van der Waals surface area (Å²) in [6.45, 7) is 6.49. The fourth-order valence-electron chi connectivity index (χ4n) is 4.28. The van der Waals surface area contributed by atoms with Gasteiger partial charge in [0.1, 0.15) is 5.01 Å². The summed E-state index contributed by atoms with van der Waals surface area (Å²) >= 11 is 1.51. The van der Waals surface area contributed by atoms with Crippen LogP contribution in [-0.2, 0) is 6.54 Å². The predicted octanol–water partition coefficient (Wildman–Crippen LogP) is 3.37. The Hall–Kier alpha value is -2.87. The van der Waals surface area contributed by atoms with Gasteiger partial charge in [0.2, 0.25) is 4.96 Å². The van der Waals surface area contributed by atoms with Gasteiger partial charge in [-0.25, -0.2) is 4.98 Å². The van der Waals surface area contributed by atoms with Crippen molar-refractivity contribution >= 4 is 16.3 Å². The van der Waals surface area contributed by atoms with Crippen LogP contribution in [0.3, 0.4) is 0 Å². The fraction of sp³-hybridized carbons (Fsp3) is 0.292. The molecule has 3 heterocycles. The molecule has 4 aromatic rings. The van der Waals surface area contributed by atoms with E-state index in [2.05, 4.69) is 80.5 Å². The number of aryl methyl sites for hydroxylation is 1. The molecule has 1 aliphatic heterocycles. The normalized spacial score (nSPS) is 15.7. The van der Waals surface area contributed by atoms with Crippen LogP contribution >= 0.6 is 11.3 Å². The molecule has 31 heavy (non-hydrogen) atoms. The Bertz CT molecular complexity index is 1170. The molecule has 0 bridgehead atoms. The van der Waals surface area contributed by atoms with E-state index in [0.717, 1.165) is 43.4 Å². The summed E-state index contributed by atoms with van der Waals surface area (Å²) < 4.78 is 1.42. The van der Waals surface area contributed by atoms with Crippen LogP contribution in [0.15, 0.2) is 71.5 Å². The Kier molecular flexibility index (Phi) is 5.63. The first-order chi connectivity index (χ1) is 15.2. The summed E-state index contributed by atoms with van der Waals surface area (Å²) in [5.41, 5.74) is 3.29. The topological polar surface area (TPSA) is 53.7 Å². The Balaban J connectivity index is 1.31. The number of fused-ring (bicyclic) bond motifs is 1. The number of hydrogen-bond acceptors (Lipinski definition) is 6. The molecule has 7 heteroatoms. The molecule has 0 unspecified atom stereocenters. The quantitative estimate of drug-likeness (QED) is 0.485. The molecule has 0 radical (unpaired) electrons. The number of piperazine rings is 1. The van der Waals surface area contributed by atoms with E-state index < -0.39 is 0 Å². The van der Waals surface area contributed by atoms with Crippen molar-refractivity contribution < 1.29 is 0 Å². The highest BCUT2D eigenvalue weighted by atomic mass is 32.1. The van der Waals surface area contributed by atoms with E-state index >= 15 is 0 Å². The van der Waals surface area contributed by atoms with Crippen LogP contribution in [0, 0.1) is 6.92 Å². The molecular formula is C24H25N5OS. The molecule has 0 N–H and O–H groups in total. The van der Waals surface area contributed by atoms with Gasteiger partial charge in [-0.15, -0.1) is 0 Å². The van der Waals surface area contributed by atoms with E-state index in [-0.39, 0.29) is 11.6 Å². The second-order valence-corrected chi connectivity index (χ2v) is 9.00. The monoisotopic (exact) mass is 431 g/mol. The number of nitrogens with zero attached hydrogens (tertiary/aromatic N) is 5. The van der Waals surface area contributed by atoms with Gasteiger partial charge in [-0.05, 0) is 18.1 Å². The van der Waals surface area contributed by atoms with Crippen LogP contribution in [0.4, 0.5) is 0 Å². The lowest BCUT2D eigenvalue weighted by molar-refractivity contribution is 0.104. The van der Waals surface area contributed by atoms with E-state index in [1.54, 1.807) is 0 Å². The zero-order valence-electron chi connectivity index (χ0n) is 17.5. The summed E-state index contributed by atoms with van der Waals surface area (Å²) in [6, 6.07) is 23.3. The zero-order valence-corrected chi connectivity index (χ0v) is 18.3. The van der Waals surface area contributed by atoms with Crippen LogP contribution in [0.25, 0.3) is 4.96 Å². The lowest BCUT2D eigenvalue weighted by atomic mass is 9.96. The van der Waals surface area contributed by atoms with Crippen LogP contribution in [-0.4, -0.2) is 50.6 Å². The molecule has 0 amide bonds. The second-order valence-electron chi connectivity index (χ2n) is 7.96. The summed E-state index contributed by atoms with van der Waals surface area (Å²) in [5.74, 6) is 0. The van der Waals surface area contributed by atoms with Crippen molar-refractivity contribution in [1.29, 1.82) is 0 Å². The maximum atomic E-state index is 12.1. The third-order valence-corrected chi connectivity index (χ3v) is 6.67. The maximum Gasteiger partial charge on any atom is 0.275 e. The number of hydrogen-bond donors (Lipinski definition) is 0. The molecule has 6 nitrogen and oxygen atoms in total. The number of rotatable bonds is 5. The first-order valence-electron chi connectivity index (χ1n) is 10.6. The molecule has 1 saturated heterocycles. The molecule has 0 saturated carbocycles. The van der Waals surface area contributed by atoms with Crippen molar-refractivity contribution in [2.45, 2.75) is 19.5 Å². The highest BCUT2D eigenvalue weighted by Gasteiger charge is 2.26. The highest BCUT2D eigenvalue weighted by molar-refractivity contribution is 7.16. The molecule has 158 valence electrons. The SMILES string of the molecule is Cc1cc(=O)n2nc(CN3CCN(C(c4ccccc4)c4ccccc4)CC3)sc2n1. The highest BCUT2D eigenvalue weighted by Crippen LogP contribution is 2.29. The van der Waals surface area contributed by atoms with E-state index in [4.69, 9.17) is 0 Å². The van der Waals surface area contributed by atoms with Gasteiger partial charge < -0.3 is 0 Å². The molecule has 0 aliphatic carbocycles. The number of aromatic nitrogens is 3. The zero-order chi connectivity index (χ0) is 21.2. The van der Waals surface area contributed by atoms with Crippen molar-refractivity contribution in [2.75, 3.05) is 26.2 Å². The Morgan fingerprint density at radius 3 is 2.16 bits per heavy atom. The lowest BCUT2D eigenvalue weighted by Crippen LogP contribution is -2.47. The van der Waals surface area contributed by atoms with Crippen molar-refractivity contribution in [3.63, 3.8) is 0 Å². The third kappa shape index (κ3) is 4.30. The minimum Gasteiger partial charge on any atom is -0.294 e. The van der Waals surface area contributed by atoms with Gasteiger partial charge in [0.15, 0.2) is 0 Å². The molecule has 2 aromatic carbocycles. The van der Waals surface area contributed by atoms with E-state index in [0.29, 0.717) is 4.96 Å². The van der Waals surface area contributed by atoms with Gasteiger partial charge in [0, 0.05) is 37.9 Å². The van der Waals surface area contributed by atoms with Crippen LogP contribution in [0.1, 0.15) is 27.9 Å². The van der Waals surface area contributed by atoms with Gasteiger partial charge in [0.05, 0.1) is 12.6 Å². The minimum absolute atomic E-state index is 0.108. The Morgan fingerprint density at radius 1 is 0.935 bits per heavy atom. The molecule has 1 fully saturated rings. The fourth-order valence-corrected chi connectivity index (χ4v) is 5.27. The summed E-state index contributed by atoms with van der Waals surface area (Å²) in [5, 5.41) is 5.44. The van der Waals surface area contributed by atoms with Gasteiger partial charge >= 0.3 is 0 Å². The maximum absolute atomic E-state index is 12.1. The van der Waals surface area contributed by atoms with Crippen molar-refractivity contribution in [3.05, 3.63) is 98.9 Å².